The van der Waals surface area contributed by atoms with Crippen LogP contribution in [-0.4, -0.2) is 64.9 Å². The lowest BCUT2D eigenvalue weighted by atomic mass is 10.0. The average Bonchev–Trinajstić information content (AvgIpc) is 2.83. The van der Waals surface area contributed by atoms with Crippen molar-refractivity contribution >= 4 is 23.8 Å². The number of nitrogens with one attached hydrogen (secondary N) is 1. The van der Waals surface area contributed by atoms with E-state index in [1.807, 2.05) is 6.92 Å². The maximum atomic E-state index is 12.2. The first kappa shape index (κ1) is 15.4. The quantitative estimate of drug-likeness (QED) is 0.814. The predicted octanol–water partition coefficient (Wildman–Crippen LogP) is 1.16. The molecule has 2 fully saturated rings. The first-order valence-electron chi connectivity index (χ1n) is 6.98. The molecule has 6 nitrogen and oxygen atoms in total. The number of rotatable bonds is 4. The summed E-state index contributed by atoms with van der Waals surface area (Å²) in [5.41, 5.74) is -0.275. The molecule has 20 heavy (non-hydrogen) atoms. The van der Waals surface area contributed by atoms with Crippen LogP contribution in [0.3, 0.4) is 0 Å². The summed E-state index contributed by atoms with van der Waals surface area (Å²) in [5, 5.41) is 11.8. The standard InChI is InChI=1S/C13H22N2O4S/c1-13(3-2-5-19-13)9-14-12(18)15-4-6-20-8-10(15)7-11(16)17/h10H,2-9H2,1H3,(H,14,18)(H,16,17). The van der Waals surface area contributed by atoms with Crippen molar-refractivity contribution in [2.24, 2.45) is 0 Å². The number of urea groups is 1. The van der Waals surface area contributed by atoms with Crippen LogP contribution in [0.25, 0.3) is 0 Å². The molecule has 0 saturated carbocycles. The van der Waals surface area contributed by atoms with E-state index in [0.717, 1.165) is 25.2 Å². The van der Waals surface area contributed by atoms with Crippen molar-refractivity contribution in [3.05, 3.63) is 0 Å². The maximum absolute atomic E-state index is 12.2. The predicted molar refractivity (Wildman–Crippen MR) is 77.1 cm³/mol. The van der Waals surface area contributed by atoms with E-state index in [1.54, 1.807) is 16.7 Å². The zero-order chi connectivity index (χ0) is 14.6. The molecule has 0 radical (unpaired) electrons. The van der Waals surface area contributed by atoms with Gasteiger partial charge in [0.25, 0.3) is 0 Å². The van der Waals surface area contributed by atoms with E-state index >= 15 is 0 Å². The van der Waals surface area contributed by atoms with Gasteiger partial charge in [-0.05, 0) is 19.8 Å². The molecule has 2 saturated heterocycles. The molecule has 2 N–H and O–H groups in total. The molecule has 2 rings (SSSR count). The third-order valence-corrected chi connectivity index (χ3v) is 4.90. The smallest absolute Gasteiger partial charge is 0.317 e. The Hall–Kier alpha value is -0.950. The second kappa shape index (κ2) is 6.67. The summed E-state index contributed by atoms with van der Waals surface area (Å²) in [4.78, 5) is 24.8. The number of hydrogen-bond donors (Lipinski definition) is 2. The van der Waals surface area contributed by atoms with Gasteiger partial charge in [-0.2, -0.15) is 11.8 Å². The highest BCUT2D eigenvalue weighted by Crippen LogP contribution is 2.24. The van der Waals surface area contributed by atoms with Gasteiger partial charge < -0.3 is 20.1 Å². The number of nitrogens with zero attached hydrogens (tertiary/aromatic N) is 1. The van der Waals surface area contributed by atoms with Crippen molar-refractivity contribution in [2.75, 3.05) is 31.2 Å². The Balaban J connectivity index is 1.87. The second-order valence-corrected chi connectivity index (χ2v) is 6.73. The van der Waals surface area contributed by atoms with E-state index in [0.29, 0.717) is 18.8 Å². The Morgan fingerprint density at radius 2 is 2.35 bits per heavy atom. The molecule has 2 unspecified atom stereocenters. The van der Waals surface area contributed by atoms with Crippen LogP contribution >= 0.6 is 11.8 Å². The number of carboxylic acids is 1. The Bertz CT molecular complexity index is 371. The zero-order valence-electron chi connectivity index (χ0n) is 11.8. The number of carboxylic acid groups (broad SMARTS) is 1. The summed E-state index contributed by atoms with van der Waals surface area (Å²) in [6.45, 7) is 3.83. The Labute approximate surface area is 123 Å². The van der Waals surface area contributed by atoms with Crippen molar-refractivity contribution in [3.63, 3.8) is 0 Å². The number of carbonyl (C=O) groups excluding carboxylic acids is 1. The molecule has 0 bridgehead atoms. The number of aliphatic carboxylic acids is 1. The zero-order valence-corrected chi connectivity index (χ0v) is 12.6. The van der Waals surface area contributed by atoms with Gasteiger partial charge in [0.2, 0.25) is 0 Å². The van der Waals surface area contributed by atoms with Crippen LogP contribution in [0, 0.1) is 0 Å². The molecule has 2 heterocycles. The summed E-state index contributed by atoms with van der Waals surface area (Å²) >= 11 is 1.70. The molecular formula is C13H22N2O4S. The first-order valence-corrected chi connectivity index (χ1v) is 8.14. The minimum atomic E-state index is -0.860. The van der Waals surface area contributed by atoms with Crippen molar-refractivity contribution < 1.29 is 19.4 Å². The normalized spacial score (nSPS) is 30.2. The van der Waals surface area contributed by atoms with Gasteiger partial charge in [-0.25, -0.2) is 4.79 Å². The van der Waals surface area contributed by atoms with Gasteiger partial charge >= 0.3 is 12.0 Å². The maximum Gasteiger partial charge on any atom is 0.317 e. The van der Waals surface area contributed by atoms with E-state index in [2.05, 4.69) is 5.32 Å². The molecule has 7 heteroatoms. The van der Waals surface area contributed by atoms with E-state index in [-0.39, 0.29) is 24.1 Å². The molecule has 2 atom stereocenters. The number of amides is 2. The highest BCUT2D eigenvalue weighted by atomic mass is 32.2. The SMILES string of the molecule is CC1(CNC(=O)N2CCSCC2CC(=O)O)CCCO1. The summed E-state index contributed by atoms with van der Waals surface area (Å²) in [5.74, 6) is 0.687. The first-order chi connectivity index (χ1) is 9.50. The van der Waals surface area contributed by atoms with Crippen LogP contribution in [0.2, 0.25) is 0 Å². The molecule has 2 aliphatic rings. The van der Waals surface area contributed by atoms with Crippen LogP contribution in [-0.2, 0) is 9.53 Å². The van der Waals surface area contributed by atoms with Gasteiger partial charge in [0, 0.05) is 31.2 Å². The van der Waals surface area contributed by atoms with Crippen molar-refractivity contribution in [2.45, 2.75) is 37.8 Å². The summed E-state index contributed by atoms with van der Waals surface area (Å²) < 4.78 is 5.64. The summed E-state index contributed by atoms with van der Waals surface area (Å²) in [7, 11) is 0. The van der Waals surface area contributed by atoms with Crippen LogP contribution < -0.4 is 5.32 Å². The number of hydrogen-bond acceptors (Lipinski definition) is 4. The molecule has 2 amide bonds. The lowest BCUT2D eigenvalue weighted by molar-refractivity contribution is -0.138. The van der Waals surface area contributed by atoms with Crippen molar-refractivity contribution in [1.82, 2.24) is 10.2 Å². The largest absolute Gasteiger partial charge is 0.481 e. The minimum Gasteiger partial charge on any atom is -0.481 e. The number of ether oxygens (including phenoxy) is 1. The highest BCUT2D eigenvalue weighted by molar-refractivity contribution is 7.99. The van der Waals surface area contributed by atoms with E-state index in [9.17, 15) is 9.59 Å². The fourth-order valence-corrected chi connectivity index (χ4v) is 3.70. The molecule has 0 spiro atoms. The third-order valence-electron chi connectivity index (χ3n) is 3.81. The lowest BCUT2D eigenvalue weighted by Crippen LogP contribution is -2.53. The number of thioether (sulfide) groups is 1. The van der Waals surface area contributed by atoms with Crippen LogP contribution in [0.4, 0.5) is 4.79 Å². The summed E-state index contributed by atoms with van der Waals surface area (Å²) in [6, 6.07) is -0.392. The fraction of sp³-hybridized carbons (Fsp3) is 0.846. The van der Waals surface area contributed by atoms with Gasteiger partial charge in [-0.1, -0.05) is 0 Å². The van der Waals surface area contributed by atoms with E-state index < -0.39 is 5.97 Å². The topological polar surface area (TPSA) is 78.9 Å². The molecular weight excluding hydrogens is 280 g/mol. The Morgan fingerprint density at radius 3 is 3.00 bits per heavy atom. The highest BCUT2D eigenvalue weighted by Gasteiger charge is 2.33. The van der Waals surface area contributed by atoms with Gasteiger partial charge in [0.1, 0.15) is 0 Å². The Morgan fingerprint density at radius 1 is 1.55 bits per heavy atom. The van der Waals surface area contributed by atoms with Gasteiger partial charge in [0.15, 0.2) is 0 Å². The molecule has 114 valence electrons. The number of carbonyl (C=O) groups is 2. The van der Waals surface area contributed by atoms with Gasteiger partial charge in [-0.3, -0.25) is 4.79 Å². The fourth-order valence-electron chi connectivity index (χ4n) is 2.63. The van der Waals surface area contributed by atoms with E-state index in [4.69, 9.17) is 9.84 Å². The molecule has 2 aliphatic heterocycles. The second-order valence-electron chi connectivity index (χ2n) is 5.58. The van der Waals surface area contributed by atoms with Gasteiger partial charge in [-0.15, -0.1) is 0 Å². The van der Waals surface area contributed by atoms with Crippen LogP contribution in [0.5, 0.6) is 0 Å². The molecule has 0 aromatic carbocycles. The molecule has 0 aliphatic carbocycles. The van der Waals surface area contributed by atoms with Crippen LogP contribution in [0.15, 0.2) is 0 Å². The van der Waals surface area contributed by atoms with Crippen molar-refractivity contribution in [3.8, 4) is 0 Å². The van der Waals surface area contributed by atoms with E-state index in [1.165, 1.54) is 0 Å². The molecule has 0 aromatic heterocycles. The summed E-state index contributed by atoms with van der Waals surface area (Å²) in [6.07, 6.45) is 1.98. The monoisotopic (exact) mass is 302 g/mol. The third kappa shape index (κ3) is 4.02. The Kier molecular flexibility index (Phi) is 5.15. The van der Waals surface area contributed by atoms with Crippen molar-refractivity contribution in [1.29, 1.82) is 0 Å². The average molecular weight is 302 g/mol. The van der Waals surface area contributed by atoms with Gasteiger partial charge in [0.05, 0.1) is 18.1 Å². The van der Waals surface area contributed by atoms with Crippen LogP contribution in [0.1, 0.15) is 26.2 Å². The minimum absolute atomic E-state index is 0.00812. The lowest BCUT2D eigenvalue weighted by Gasteiger charge is -2.35. The molecule has 0 aromatic rings.